The van der Waals surface area contributed by atoms with Gasteiger partial charge in [0.2, 0.25) is 0 Å². The van der Waals surface area contributed by atoms with Crippen LogP contribution in [0.3, 0.4) is 0 Å². The fourth-order valence-electron chi connectivity index (χ4n) is 3.86. The Balaban J connectivity index is 1.83. The van der Waals surface area contributed by atoms with E-state index in [0.717, 1.165) is 37.9 Å². The molecule has 4 rings (SSSR count). The molecule has 3 N–H and O–H groups in total. The molecule has 3 aromatic rings. The molecule has 7 nitrogen and oxygen atoms in total. The Labute approximate surface area is 196 Å². The van der Waals surface area contributed by atoms with Gasteiger partial charge >= 0.3 is 0 Å². The normalized spacial score (nSPS) is 14.5. The summed E-state index contributed by atoms with van der Waals surface area (Å²) in [6.45, 7) is 1.07. The van der Waals surface area contributed by atoms with Crippen molar-refractivity contribution in [1.82, 2.24) is 20.0 Å². The van der Waals surface area contributed by atoms with Crippen molar-refractivity contribution in [2.24, 2.45) is 0 Å². The summed E-state index contributed by atoms with van der Waals surface area (Å²) >= 11 is 12.5. The molecule has 32 heavy (non-hydrogen) atoms. The van der Waals surface area contributed by atoms with E-state index in [-0.39, 0.29) is 18.2 Å². The number of rotatable bonds is 6. The Morgan fingerprint density at radius 3 is 2.34 bits per heavy atom. The van der Waals surface area contributed by atoms with Crippen molar-refractivity contribution < 1.29 is 15.0 Å². The molecule has 1 saturated heterocycles. The van der Waals surface area contributed by atoms with Crippen molar-refractivity contribution in [2.75, 3.05) is 13.1 Å². The zero-order chi connectivity index (χ0) is 22.7. The van der Waals surface area contributed by atoms with E-state index in [0.29, 0.717) is 32.8 Å². The Hall–Kier alpha value is -2.42. The number of amides is 1. The Morgan fingerprint density at radius 2 is 1.72 bits per heavy atom. The van der Waals surface area contributed by atoms with Crippen LogP contribution in [0.5, 0.6) is 0 Å². The maximum Gasteiger partial charge on any atom is 0.286 e. The van der Waals surface area contributed by atoms with Crippen molar-refractivity contribution in [3.63, 3.8) is 0 Å². The molecule has 2 heterocycles. The second-order valence-corrected chi connectivity index (χ2v) is 8.51. The highest BCUT2D eigenvalue weighted by molar-refractivity contribution is 6.36. The van der Waals surface area contributed by atoms with E-state index in [9.17, 15) is 15.0 Å². The lowest BCUT2D eigenvalue weighted by Crippen LogP contribution is -2.45. The summed E-state index contributed by atoms with van der Waals surface area (Å²) in [5, 5.41) is 22.4. The molecular weight excluding hydrogens is 451 g/mol. The lowest BCUT2D eigenvalue weighted by Gasteiger charge is -2.26. The number of hydrogen-bond acceptors (Lipinski definition) is 5. The van der Waals surface area contributed by atoms with Gasteiger partial charge in [-0.1, -0.05) is 41.8 Å². The zero-order valence-electron chi connectivity index (χ0n) is 17.4. The Morgan fingerprint density at radius 1 is 1.00 bits per heavy atom. The number of nitrogens with zero attached hydrogens (tertiary/aromatic N) is 3. The van der Waals surface area contributed by atoms with Crippen molar-refractivity contribution in [2.45, 2.75) is 32.5 Å². The molecule has 0 spiro atoms. The van der Waals surface area contributed by atoms with Crippen LogP contribution in [0.1, 0.15) is 41.0 Å². The molecule has 2 aromatic carbocycles. The molecule has 0 radical (unpaired) electrons. The van der Waals surface area contributed by atoms with E-state index in [1.165, 1.54) is 0 Å². The smallest absolute Gasteiger partial charge is 0.286 e. The molecule has 1 amide bonds. The highest BCUT2D eigenvalue weighted by Crippen LogP contribution is 2.33. The summed E-state index contributed by atoms with van der Waals surface area (Å²) in [5.74, 6) is 0.0317. The number of aromatic nitrogens is 2. The van der Waals surface area contributed by atoms with Gasteiger partial charge < -0.3 is 10.2 Å². The van der Waals surface area contributed by atoms with Crippen LogP contribution >= 0.6 is 23.2 Å². The summed E-state index contributed by atoms with van der Waals surface area (Å²) in [4.78, 5) is 17.7. The predicted molar refractivity (Wildman–Crippen MR) is 124 cm³/mol. The van der Waals surface area contributed by atoms with Gasteiger partial charge in [0, 0.05) is 29.4 Å². The molecule has 9 heteroatoms. The first-order valence-corrected chi connectivity index (χ1v) is 11.2. The summed E-state index contributed by atoms with van der Waals surface area (Å²) in [6, 6.07) is 12.2. The van der Waals surface area contributed by atoms with Crippen LogP contribution in [-0.2, 0) is 13.2 Å². The maximum absolute atomic E-state index is 13.1. The number of nitrogens with one attached hydrogen (secondary N) is 1. The van der Waals surface area contributed by atoms with Crippen LogP contribution < -0.4 is 5.43 Å². The van der Waals surface area contributed by atoms with Crippen molar-refractivity contribution in [3.05, 3.63) is 69.5 Å². The van der Waals surface area contributed by atoms with Gasteiger partial charge in [0.05, 0.1) is 23.9 Å². The monoisotopic (exact) mass is 474 g/mol. The first-order chi connectivity index (χ1) is 15.5. The number of aliphatic hydroxyl groups is 2. The predicted octanol–water partition coefficient (Wildman–Crippen LogP) is 3.96. The Kier molecular flexibility index (Phi) is 7.13. The minimum Gasteiger partial charge on any atom is -0.392 e. The van der Waals surface area contributed by atoms with Crippen LogP contribution in [0, 0.1) is 0 Å². The number of piperidine rings is 1. The summed E-state index contributed by atoms with van der Waals surface area (Å²) in [5.41, 5.74) is 5.39. The van der Waals surface area contributed by atoms with E-state index < -0.39 is 6.61 Å². The summed E-state index contributed by atoms with van der Waals surface area (Å²) in [6.07, 6.45) is 3.18. The number of imidazole rings is 1. The van der Waals surface area contributed by atoms with E-state index in [1.54, 1.807) is 47.0 Å². The van der Waals surface area contributed by atoms with Crippen LogP contribution in [-0.4, -0.2) is 43.8 Å². The molecule has 0 aliphatic carbocycles. The molecule has 0 unspecified atom stereocenters. The van der Waals surface area contributed by atoms with Crippen molar-refractivity contribution in [3.8, 4) is 17.1 Å². The molecule has 0 saturated carbocycles. The van der Waals surface area contributed by atoms with E-state index >= 15 is 0 Å². The van der Waals surface area contributed by atoms with Gasteiger partial charge in [0.1, 0.15) is 5.82 Å². The van der Waals surface area contributed by atoms with Gasteiger partial charge in [-0.05, 0) is 48.7 Å². The SMILES string of the molecule is O=C(NN1CCCCC1)c1nc(-c2ccc(Cl)cc2Cl)n(-c2ccc(CO)cc2)c1CO. The van der Waals surface area contributed by atoms with Gasteiger partial charge in [0.15, 0.2) is 5.69 Å². The number of hydrazine groups is 1. The highest BCUT2D eigenvalue weighted by Gasteiger charge is 2.26. The molecule has 168 valence electrons. The number of aliphatic hydroxyl groups excluding tert-OH is 2. The molecular formula is C23H24Cl2N4O3. The third-order valence-electron chi connectivity index (χ3n) is 5.50. The van der Waals surface area contributed by atoms with Crippen LogP contribution in [0.25, 0.3) is 17.1 Å². The van der Waals surface area contributed by atoms with Gasteiger partial charge in [-0.25, -0.2) is 9.99 Å². The van der Waals surface area contributed by atoms with E-state index in [2.05, 4.69) is 10.4 Å². The summed E-state index contributed by atoms with van der Waals surface area (Å²) < 4.78 is 1.71. The average Bonchev–Trinajstić information content (AvgIpc) is 3.19. The molecule has 1 aliphatic rings. The molecule has 0 atom stereocenters. The zero-order valence-corrected chi connectivity index (χ0v) is 18.9. The van der Waals surface area contributed by atoms with Gasteiger partial charge in [-0.2, -0.15) is 0 Å². The first kappa shape index (κ1) is 22.8. The lowest BCUT2D eigenvalue weighted by molar-refractivity contribution is 0.0742. The molecule has 1 aliphatic heterocycles. The topological polar surface area (TPSA) is 90.6 Å². The van der Waals surface area contributed by atoms with Crippen LogP contribution in [0.4, 0.5) is 0 Å². The van der Waals surface area contributed by atoms with E-state index in [4.69, 9.17) is 23.2 Å². The maximum atomic E-state index is 13.1. The van der Waals surface area contributed by atoms with E-state index in [1.807, 2.05) is 5.01 Å². The quantitative estimate of drug-likeness (QED) is 0.502. The largest absolute Gasteiger partial charge is 0.392 e. The number of halogens is 2. The number of carbonyl (C=O) groups is 1. The number of benzene rings is 2. The highest BCUT2D eigenvalue weighted by atomic mass is 35.5. The van der Waals surface area contributed by atoms with Crippen molar-refractivity contribution in [1.29, 1.82) is 0 Å². The Bertz CT molecular complexity index is 1110. The fourth-order valence-corrected chi connectivity index (χ4v) is 4.36. The average molecular weight is 475 g/mol. The second kappa shape index (κ2) is 10.0. The van der Waals surface area contributed by atoms with Gasteiger partial charge in [0.25, 0.3) is 5.91 Å². The lowest BCUT2D eigenvalue weighted by atomic mass is 10.1. The molecule has 0 bridgehead atoms. The van der Waals surface area contributed by atoms with Crippen molar-refractivity contribution >= 4 is 29.1 Å². The minimum absolute atomic E-state index is 0.0869. The minimum atomic E-state index is -0.400. The molecule has 1 aromatic heterocycles. The first-order valence-electron chi connectivity index (χ1n) is 10.5. The second-order valence-electron chi connectivity index (χ2n) is 7.66. The van der Waals surface area contributed by atoms with Crippen LogP contribution in [0.15, 0.2) is 42.5 Å². The number of carbonyl (C=O) groups excluding carboxylic acids is 1. The summed E-state index contributed by atoms with van der Waals surface area (Å²) in [7, 11) is 0. The fraction of sp³-hybridized carbons (Fsp3) is 0.304. The third kappa shape index (κ3) is 4.67. The van der Waals surface area contributed by atoms with Crippen LogP contribution in [0.2, 0.25) is 10.0 Å². The standard InChI is InChI=1S/C23H24Cl2N4O3/c24-16-6-9-18(19(25)12-16)22-26-21(23(32)27-28-10-2-1-3-11-28)20(14-31)29(22)17-7-4-15(13-30)5-8-17/h4-9,12,30-31H,1-3,10-11,13-14H2,(H,27,32). The number of hydrogen-bond donors (Lipinski definition) is 3. The van der Waals surface area contributed by atoms with Gasteiger partial charge in [-0.15, -0.1) is 0 Å². The molecule has 1 fully saturated rings. The van der Waals surface area contributed by atoms with Gasteiger partial charge in [-0.3, -0.25) is 14.8 Å². The third-order valence-corrected chi connectivity index (χ3v) is 6.05.